The van der Waals surface area contributed by atoms with Crippen molar-refractivity contribution in [2.45, 2.75) is 0 Å². The highest BCUT2D eigenvalue weighted by atomic mass is 32.1. The number of carbonyl (C=O) groups is 1. The van der Waals surface area contributed by atoms with Gasteiger partial charge in [-0.2, -0.15) is 0 Å². The molecule has 0 amide bonds. The Balaban J connectivity index is 2.06. The maximum Gasteiger partial charge on any atom is 0.355 e. The number of thiazole rings is 1. The Bertz CT molecular complexity index is 358. The van der Waals surface area contributed by atoms with Gasteiger partial charge in [-0.15, -0.1) is 11.3 Å². The average molecular weight is 227 g/mol. The first-order chi connectivity index (χ1) is 7.16. The summed E-state index contributed by atoms with van der Waals surface area (Å²) < 4.78 is 0. The minimum Gasteiger partial charge on any atom is -0.476 e. The molecule has 0 bridgehead atoms. The molecule has 5 nitrogen and oxygen atoms in total. The summed E-state index contributed by atoms with van der Waals surface area (Å²) in [6, 6.07) is 0. The Kier molecular flexibility index (Phi) is 2.88. The fraction of sp³-hybridized carbons (Fsp3) is 0.556. The number of carboxylic acid groups (broad SMARTS) is 1. The highest BCUT2D eigenvalue weighted by molar-refractivity contribution is 7.13. The molecule has 2 rings (SSSR count). The first-order valence-corrected chi connectivity index (χ1v) is 5.67. The molecule has 0 saturated carbocycles. The summed E-state index contributed by atoms with van der Waals surface area (Å²) in [5.41, 5.74) is 0.147. The molecule has 1 aromatic rings. The van der Waals surface area contributed by atoms with Crippen molar-refractivity contribution in [3.8, 4) is 0 Å². The van der Waals surface area contributed by atoms with Gasteiger partial charge in [0.15, 0.2) is 10.8 Å². The van der Waals surface area contributed by atoms with Crippen molar-refractivity contribution in [2.24, 2.45) is 0 Å². The molecule has 0 aromatic carbocycles. The van der Waals surface area contributed by atoms with E-state index >= 15 is 0 Å². The van der Waals surface area contributed by atoms with E-state index in [9.17, 15) is 4.79 Å². The van der Waals surface area contributed by atoms with E-state index in [0.29, 0.717) is 0 Å². The summed E-state index contributed by atoms with van der Waals surface area (Å²) in [5, 5.41) is 11.2. The lowest BCUT2D eigenvalue weighted by Gasteiger charge is -2.31. The molecule has 1 saturated heterocycles. The molecular weight excluding hydrogens is 214 g/mol. The van der Waals surface area contributed by atoms with Crippen molar-refractivity contribution in [3.63, 3.8) is 0 Å². The summed E-state index contributed by atoms with van der Waals surface area (Å²) >= 11 is 1.40. The molecule has 6 heteroatoms. The molecule has 1 N–H and O–H groups in total. The highest BCUT2D eigenvalue weighted by Gasteiger charge is 2.18. The Morgan fingerprint density at radius 3 is 2.67 bits per heavy atom. The first-order valence-electron chi connectivity index (χ1n) is 4.79. The number of hydrogen-bond acceptors (Lipinski definition) is 5. The van der Waals surface area contributed by atoms with Gasteiger partial charge in [0, 0.05) is 31.6 Å². The normalized spacial score (nSPS) is 18.1. The number of anilines is 1. The Hall–Kier alpha value is -1.14. The van der Waals surface area contributed by atoms with Gasteiger partial charge in [-0.1, -0.05) is 0 Å². The van der Waals surface area contributed by atoms with Crippen LogP contribution in [0, 0.1) is 0 Å². The van der Waals surface area contributed by atoms with E-state index in [4.69, 9.17) is 5.11 Å². The second kappa shape index (κ2) is 4.16. The number of rotatable bonds is 2. The number of carboxylic acids is 1. The lowest BCUT2D eigenvalue weighted by atomic mass is 10.3. The van der Waals surface area contributed by atoms with Crippen molar-refractivity contribution in [2.75, 3.05) is 38.1 Å². The molecule has 0 radical (unpaired) electrons. The molecular formula is C9H13N3O2S. The van der Waals surface area contributed by atoms with Gasteiger partial charge < -0.3 is 14.9 Å². The van der Waals surface area contributed by atoms with Crippen molar-refractivity contribution < 1.29 is 9.90 Å². The fourth-order valence-electron chi connectivity index (χ4n) is 1.51. The van der Waals surface area contributed by atoms with E-state index in [2.05, 4.69) is 21.8 Å². The van der Waals surface area contributed by atoms with Gasteiger partial charge in [-0.05, 0) is 7.05 Å². The first kappa shape index (κ1) is 10.4. The molecule has 1 aliphatic heterocycles. The van der Waals surface area contributed by atoms with Crippen LogP contribution in [0.4, 0.5) is 5.13 Å². The number of nitrogens with zero attached hydrogens (tertiary/aromatic N) is 3. The highest BCUT2D eigenvalue weighted by Crippen LogP contribution is 2.21. The number of piperazine rings is 1. The summed E-state index contributed by atoms with van der Waals surface area (Å²) in [4.78, 5) is 19.1. The van der Waals surface area contributed by atoms with Gasteiger partial charge >= 0.3 is 5.97 Å². The van der Waals surface area contributed by atoms with Crippen LogP contribution in [-0.2, 0) is 0 Å². The van der Waals surface area contributed by atoms with Gasteiger partial charge in [0.25, 0.3) is 0 Å². The summed E-state index contributed by atoms with van der Waals surface area (Å²) in [6.45, 7) is 3.84. The van der Waals surface area contributed by atoms with Crippen LogP contribution in [0.1, 0.15) is 10.5 Å². The topological polar surface area (TPSA) is 56.7 Å². The van der Waals surface area contributed by atoms with Crippen LogP contribution in [0.15, 0.2) is 5.38 Å². The van der Waals surface area contributed by atoms with Crippen LogP contribution in [0.25, 0.3) is 0 Å². The van der Waals surface area contributed by atoms with E-state index in [1.807, 2.05) is 0 Å². The number of likely N-dealkylation sites (N-methyl/N-ethyl adjacent to an activating group) is 1. The average Bonchev–Trinajstić information content (AvgIpc) is 2.68. The van der Waals surface area contributed by atoms with Crippen LogP contribution < -0.4 is 4.90 Å². The largest absolute Gasteiger partial charge is 0.476 e. The lowest BCUT2D eigenvalue weighted by molar-refractivity contribution is 0.0691. The summed E-state index contributed by atoms with van der Waals surface area (Å²) in [7, 11) is 2.09. The molecule has 82 valence electrons. The fourth-order valence-corrected chi connectivity index (χ4v) is 2.36. The van der Waals surface area contributed by atoms with Crippen LogP contribution in [0.3, 0.4) is 0 Å². The summed E-state index contributed by atoms with van der Waals surface area (Å²) in [5.74, 6) is -0.952. The number of hydrogen-bond donors (Lipinski definition) is 1. The van der Waals surface area contributed by atoms with E-state index in [-0.39, 0.29) is 5.69 Å². The monoisotopic (exact) mass is 227 g/mol. The Morgan fingerprint density at radius 2 is 2.13 bits per heavy atom. The van der Waals surface area contributed by atoms with Crippen molar-refractivity contribution in [3.05, 3.63) is 11.1 Å². The quantitative estimate of drug-likeness (QED) is 0.801. The molecule has 0 unspecified atom stereocenters. The third-order valence-corrected chi connectivity index (χ3v) is 3.39. The molecule has 2 heterocycles. The second-order valence-electron chi connectivity index (χ2n) is 3.61. The van der Waals surface area contributed by atoms with Crippen LogP contribution in [-0.4, -0.2) is 54.2 Å². The zero-order chi connectivity index (χ0) is 10.8. The maximum atomic E-state index is 10.7. The van der Waals surface area contributed by atoms with Gasteiger partial charge in [0.05, 0.1) is 0 Å². The van der Waals surface area contributed by atoms with E-state index < -0.39 is 5.97 Å². The Morgan fingerprint density at radius 1 is 1.47 bits per heavy atom. The van der Waals surface area contributed by atoms with E-state index in [1.54, 1.807) is 5.38 Å². The van der Waals surface area contributed by atoms with E-state index in [0.717, 1.165) is 31.3 Å². The van der Waals surface area contributed by atoms with Crippen LogP contribution in [0.5, 0.6) is 0 Å². The Labute approximate surface area is 92.0 Å². The van der Waals surface area contributed by atoms with Gasteiger partial charge in [0.1, 0.15) is 0 Å². The maximum absolute atomic E-state index is 10.7. The van der Waals surface area contributed by atoms with Crippen molar-refractivity contribution >= 4 is 22.4 Å². The van der Waals surface area contributed by atoms with Gasteiger partial charge in [0.2, 0.25) is 0 Å². The summed E-state index contributed by atoms with van der Waals surface area (Å²) in [6.07, 6.45) is 0. The predicted molar refractivity (Wildman–Crippen MR) is 58.8 cm³/mol. The predicted octanol–water partition coefficient (Wildman–Crippen LogP) is 0.593. The molecule has 0 atom stereocenters. The third-order valence-electron chi connectivity index (χ3n) is 2.48. The molecule has 1 aliphatic rings. The zero-order valence-corrected chi connectivity index (χ0v) is 9.33. The number of aromatic carboxylic acids is 1. The third kappa shape index (κ3) is 2.27. The molecule has 15 heavy (non-hydrogen) atoms. The molecule has 1 fully saturated rings. The van der Waals surface area contributed by atoms with Crippen LogP contribution >= 0.6 is 11.3 Å². The molecule has 1 aromatic heterocycles. The molecule has 0 spiro atoms. The van der Waals surface area contributed by atoms with Crippen molar-refractivity contribution in [1.29, 1.82) is 0 Å². The standard InChI is InChI=1S/C9H13N3O2S/c1-11-2-4-12(5-3-11)9-10-7(6-15-9)8(13)14/h6H,2-5H2,1H3,(H,13,14). The SMILES string of the molecule is CN1CCN(c2nc(C(=O)O)cs2)CC1. The van der Waals surface area contributed by atoms with Crippen LogP contribution in [0.2, 0.25) is 0 Å². The minimum atomic E-state index is -0.952. The lowest BCUT2D eigenvalue weighted by Crippen LogP contribution is -2.44. The van der Waals surface area contributed by atoms with Gasteiger partial charge in [-0.25, -0.2) is 9.78 Å². The minimum absolute atomic E-state index is 0.147. The van der Waals surface area contributed by atoms with E-state index in [1.165, 1.54) is 11.3 Å². The van der Waals surface area contributed by atoms with Crippen molar-refractivity contribution in [1.82, 2.24) is 9.88 Å². The number of aromatic nitrogens is 1. The molecule has 0 aliphatic carbocycles. The zero-order valence-electron chi connectivity index (χ0n) is 8.51. The van der Waals surface area contributed by atoms with Gasteiger partial charge in [-0.3, -0.25) is 0 Å². The second-order valence-corrected chi connectivity index (χ2v) is 4.45. The smallest absolute Gasteiger partial charge is 0.355 e.